The smallest absolute Gasteiger partial charge is 0.187 e. The Labute approximate surface area is 211 Å². The Bertz CT molecular complexity index is 1050. The fraction of sp³-hybridized carbons (Fsp3) is 0.370. The molecule has 35 heavy (non-hydrogen) atoms. The minimum Gasteiger partial charge on any atom is -0.616 e. The van der Waals surface area contributed by atoms with Gasteiger partial charge in [0.15, 0.2) is 11.6 Å². The van der Waals surface area contributed by atoms with Gasteiger partial charge >= 0.3 is 0 Å². The third-order valence-electron chi connectivity index (χ3n) is 5.31. The zero-order valence-electron chi connectivity index (χ0n) is 21.1. The van der Waals surface area contributed by atoms with Crippen molar-refractivity contribution in [3.63, 3.8) is 0 Å². The van der Waals surface area contributed by atoms with Crippen LogP contribution in [0.3, 0.4) is 0 Å². The van der Waals surface area contributed by atoms with E-state index in [4.69, 9.17) is 5.41 Å². The summed E-state index contributed by atoms with van der Waals surface area (Å²) in [5, 5.41) is 10.1. The quantitative estimate of drug-likeness (QED) is 0.149. The van der Waals surface area contributed by atoms with E-state index in [0.29, 0.717) is 30.2 Å². The largest absolute Gasteiger partial charge is 0.616 e. The molecule has 2 N–H and O–H groups in total. The molecule has 188 valence electrons. The summed E-state index contributed by atoms with van der Waals surface area (Å²) in [6.45, 7) is 4.57. The normalized spacial score (nSPS) is 13.2. The lowest BCUT2D eigenvalue weighted by molar-refractivity contribution is 0.575. The number of nitrogens with one attached hydrogen (secondary N) is 2. The van der Waals surface area contributed by atoms with Crippen LogP contribution in [-0.2, 0) is 24.1 Å². The summed E-state index contributed by atoms with van der Waals surface area (Å²) in [5.41, 5.74) is 4.70. The highest BCUT2D eigenvalue weighted by atomic mass is 32.2. The third kappa shape index (κ3) is 10.4. The molecule has 1 unspecified atom stereocenters. The van der Waals surface area contributed by atoms with Crippen molar-refractivity contribution in [3.8, 4) is 0 Å². The first kappa shape index (κ1) is 28.3. The first-order valence-electron chi connectivity index (χ1n) is 11.6. The van der Waals surface area contributed by atoms with Gasteiger partial charge in [0.2, 0.25) is 0 Å². The number of hydrogen-bond donors (Lipinski definition) is 2. The van der Waals surface area contributed by atoms with Crippen LogP contribution in [0.25, 0.3) is 0 Å². The highest BCUT2D eigenvalue weighted by molar-refractivity contribution is 7.90. The molecule has 0 saturated heterocycles. The highest BCUT2D eigenvalue weighted by Crippen LogP contribution is 2.21. The van der Waals surface area contributed by atoms with Gasteiger partial charge < -0.3 is 20.2 Å². The number of halogens is 1. The second-order valence-electron chi connectivity index (χ2n) is 8.64. The number of nitrogens with zero attached hydrogens (tertiary/aromatic N) is 3. The summed E-state index contributed by atoms with van der Waals surface area (Å²) in [5.74, 6) is 0.525. The van der Waals surface area contributed by atoms with Crippen LogP contribution in [0.15, 0.2) is 66.2 Å². The molecular weight excluding hydrogens is 461 g/mol. The predicted octanol–water partition coefficient (Wildman–Crippen LogP) is 5.81. The molecule has 0 aliphatic carbocycles. The van der Waals surface area contributed by atoms with Crippen LogP contribution in [0.4, 0.5) is 15.9 Å². The van der Waals surface area contributed by atoms with Crippen LogP contribution in [0, 0.1) is 11.2 Å². The zero-order chi connectivity index (χ0) is 25.6. The van der Waals surface area contributed by atoms with Crippen LogP contribution >= 0.6 is 0 Å². The molecule has 0 saturated carbocycles. The summed E-state index contributed by atoms with van der Waals surface area (Å²) in [6, 6.07) is 7.84. The van der Waals surface area contributed by atoms with E-state index >= 15 is 4.39 Å². The molecule has 0 spiro atoms. The SMILES string of the molecule is C/C(=C\C=C(/C)C[S+](C)[O-])CCCCc1ncnc(N(C)Cc2cccc(N/C=C\C=N)c2)c1F. The molecule has 0 bridgehead atoms. The molecule has 0 aliphatic rings. The van der Waals surface area contributed by atoms with Crippen molar-refractivity contribution in [1.29, 1.82) is 5.41 Å². The Balaban J connectivity index is 1.92. The number of anilines is 2. The van der Waals surface area contributed by atoms with E-state index < -0.39 is 11.2 Å². The molecular formula is C27H36FN5OS. The number of hydrogen-bond acceptors (Lipinski definition) is 6. The minimum absolute atomic E-state index is 0.294. The lowest BCUT2D eigenvalue weighted by Crippen LogP contribution is -2.20. The Kier molecular flexibility index (Phi) is 12.2. The first-order chi connectivity index (χ1) is 16.8. The summed E-state index contributed by atoms with van der Waals surface area (Å²) in [4.78, 5) is 10.2. The third-order valence-corrected chi connectivity index (χ3v) is 6.17. The van der Waals surface area contributed by atoms with Crippen LogP contribution in [0.2, 0.25) is 0 Å². The predicted molar refractivity (Wildman–Crippen MR) is 146 cm³/mol. The van der Waals surface area contributed by atoms with Crippen molar-refractivity contribution in [1.82, 2.24) is 9.97 Å². The van der Waals surface area contributed by atoms with Gasteiger partial charge in [-0.2, -0.15) is 0 Å². The number of aryl methyl sites for hydroxylation is 1. The van der Waals surface area contributed by atoms with E-state index in [2.05, 4.69) is 28.3 Å². The number of benzene rings is 1. The molecule has 0 aliphatic heterocycles. The number of unbranched alkanes of at least 4 members (excludes halogenated alkanes) is 1. The molecule has 6 nitrogen and oxygen atoms in total. The monoisotopic (exact) mass is 497 g/mol. The van der Waals surface area contributed by atoms with Crippen LogP contribution < -0.4 is 10.2 Å². The fourth-order valence-corrected chi connectivity index (χ4v) is 4.31. The topological polar surface area (TPSA) is 88.0 Å². The molecule has 2 rings (SSSR count). The van der Waals surface area contributed by atoms with E-state index in [0.717, 1.165) is 36.1 Å². The molecule has 0 radical (unpaired) electrons. The number of allylic oxidation sites excluding steroid dienone is 4. The van der Waals surface area contributed by atoms with Gasteiger partial charge in [-0.1, -0.05) is 41.0 Å². The van der Waals surface area contributed by atoms with Crippen molar-refractivity contribution in [2.24, 2.45) is 0 Å². The van der Waals surface area contributed by atoms with Gasteiger partial charge in [0, 0.05) is 31.7 Å². The maximum absolute atomic E-state index is 15.2. The Morgan fingerprint density at radius 2 is 1.97 bits per heavy atom. The summed E-state index contributed by atoms with van der Waals surface area (Å²) < 4.78 is 26.4. The van der Waals surface area contributed by atoms with Crippen LogP contribution in [0.1, 0.15) is 44.4 Å². The maximum Gasteiger partial charge on any atom is 0.187 e. The Morgan fingerprint density at radius 1 is 1.20 bits per heavy atom. The Hall–Kier alpha value is -2.97. The minimum atomic E-state index is -0.821. The lowest BCUT2D eigenvalue weighted by Gasteiger charge is -2.20. The Morgan fingerprint density at radius 3 is 2.71 bits per heavy atom. The second-order valence-corrected chi connectivity index (χ2v) is 10.1. The van der Waals surface area contributed by atoms with Crippen molar-refractivity contribution in [2.45, 2.75) is 46.1 Å². The molecule has 0 amide bonds. The van der Waals surface area contributed by atoms with E-state index in [1.807, 2.05) is 44.3 Å². The van der Waals surface area contributed by atoms with E-state index in [1.54, 1.807) is 23.4 Å². The van der Waals surface area contributed by atoms with Crippen molar-refractivity contribution >= 4 is 28.9 Å². The summed E-state index contributed by atoms with van der Waals surface area (Å²) in [7, 11) is 1.82. The average molecular weight is 498 g/mol. The lowest BCUT2D eigenvalue weighted by atomic mass is 10.1. The summed E-state index contributed by atoms with van der Waals surface area (Å²) >= 11 is -0.821. The highest BCUT2D eigenvalue weighted by Gasteiger charge is 2.15. The molecule has 1 aromatic heterocycles. The van der Waals surface area contributed by atoms with Gasteiger partial charge in [0.1, 0.15) is 12.1 Å². The molecule has 2 aromatic rings. The number of aromatic nitrogens is 2. The second kappa shape index (κ2) is 15.1. The van der Waals surface area contributed by atoms with Gasteiger partial charge in [-0.3, -0.25) is 0 Å². The first-order valence-corrected chi connectivity index (χ1v) is 13.4. The van der Waals surface area contributed by atoms with Gasteiger partial charge in [-0.15, -0.1) is 0 Å². The van der Waals surface area contributed by atoms with Gasteiger partial charge in [-0.25, -0.2) is 14.4 Å². The number of rotatable bonds is 14. The van der Waals surface area contributed by atoms with E-state index in [9.17, 15) is 4.55 Å². The van der Waals surface area contributed by atoms with Gasteiger partial charge in [0.25, 0.3) is 0 Å². The molecule has 0 fully saturated rings. The summed E-state index contributed by atoms with van der Waals surface area (Å²) in [6.07, 6.45) is 15.0. The maximum atomic E-state index is 15.2. The molecule has 1 aromatic carbocycles. The van der Waals surface area contributed by atoms with Gasteiger partial charge in [-0.05, 0) is 68.9 Å². The van der Waals surface area contributed by atoms with Crippen molar-refractivity contribution in [3.05, 3.63) is 83.2 Å². The van der Waals surface area contributed by atoms with E-state index in [-0.39, 0.29) is 5.82 Å². The van der Waals surface area contributed by atoms with Crippen LogP contribution in [-0.4, -0.2) is 39.8 Å². The molecule has 8 heteroatoms. The van der Waals surface area contributed by atoms with Gasteiger partial charge in [0.05, 0.1) is 11.9 Å². The molecule has 1 heterocycles. The fourth-order valence-electron chi connectivity index (χ4n) is 3.57. The van der Waals surface area contributed by atoms with Crippen LogP contribution in [0.5, 0.6) is 0 Å². The van der Waals surface area contributed by atoms with Crippen molar-refractivity contribution in [2.75, 3.05) is 29.3 Å². The molecule has 1 atom stereocenters. The standard InChI is InChI=1S/C27H36FN5OS/c1-21(13-14-22(2)19-35(4)34)9-5-6-12-25-26(28)27(32-20-31-25)33(3)18-23-10-7-11-24(17-23)30-16-8-15-29/h7-8,10-11,13-17,20,29-30H,5-6,9,12,18-19H2,1-4H3/b16-8-,21-13+,22-14+,29-15?. The average Bonchev–Trinajstić information content (AvgIpc) is 2.81. The zero-order valence-corrected chi connectivity index (χ0v) is 21.9. The van der Waals surface area contributed by atoms with Crippen molar-refractivity contribution < 1.29 is 8.94 Å². The van der Waals surface area contributed by atoms with E-state index in [1.165, 1.54) is 18.1 Å².